The number of nitrogens with zero attached hydrogens (tertiary/aromatic N) is 2. The van der Waals surface area contributed by atoms with Gasteiger partial charge in [-0.1, -0.05) is 6.07 Å². The average molecular weight is 297 g/mol. The molecule has 0 fully saturated rings. The molecule has 1 rings (SSSR count). The number of nitrogens with one attached hydrogen (secondary N) is 1. The summed E-state index contributed by atoms with van der Waals surface area (Å²) in [6, 6.07) is 4.01. The van der Waals surface area contributed by atoms with Crippen LogP contribution in [0.3, 0.4) is 0 Å². The Hall–Kier alpha value is -2.00. The van der Waals surface area contributed by atoms with Gasteiger partial charge in [-0.15, -0.1) is 0 Å². The molecule has 0 radical (unpaired) electrons. The second kappa shape index (κ2) is 7.56. The second-order valence-corrected chi connectivity index (χ2v) is 3.86. The number of halogens is 4. The van der Waals surface area contributed by atoms with Crippen molar-refractivity contribution >= 4 is 13.3 Å². The van der Waals surface area contributed by atoms with Crippen molar-refractivity contribution in [1.82, 2.24) is 14.9 Å². The fourth-order valence-corrected chi connectivity index (χ4v) is 1.09. The fourth-order valence-electron chi connectivity index (χ4n) is 1.09. The zero-order valence-corrected chi connectivity index (χ0v) is 11.5. The summed E-state index contributed by atoms with van der Waals surface area (Å²) in [5.41, 5.74) is 0.485. The number of hydrogen-bond acceptors (Lipinski definition) is 1. The number of carbonyl (C=O) groups excluding carboxylic acids is 1. The van der Waals surface area contributed by atoms with E-state index in [0.717, 1.165) is 0 Å². The van der Waals surface area contributed by atoms with Crippen molar-refractivity contribution in [2.24, 2.45) is 0 Å². The van der Waals surface area contributed by atoms with Crippen LogP contribution in [0, 0.1) is 6.92 Å². The Morgan fingerprint density at radius 2 is 1.85 bits per heavy atom. The predicted molar refractivity (Wildman–Crippen MR) is 69.2 cm³/mol. The summed E-state index contributed by atoms with van der Waals surface area (Å²) in [5.74, 6) is 0. The van der Waals surface area contributed by atoms with E-state index in [1.165, 1.54) is 4.73 Å². The van der Waals surface area contributed by atoms with Crippen LogP contribution in [0.4, 0.5) is 21.8 Å². The fraction of sp³-hybridized carbons (Fsp3) is 0.400. The normalized spacial score (nSPS) is 11.5. The van der Waals surface area contributed by atoms with Crippen LogP contribution >= 0.6 is 0 Å². The molecule has 0 saturated carbocycles. The molecule has 0 aromatic carbocycles. The summed E-state index contributed by atoms with van der Waals surface area (Å²) >= 11 is 0. The van der Waals surface area contributed by atoms with E-state index in [9.17, 15) is 22.1 Å². The summed E-state index contributed by atoms with van der Waals surface area (Å²) in [6.07, 6.45) is 1.58. The Balaban J connectivity index is 0.000000621. The molecule has 0 aliphatic carbocycles. The van der Waals surface area contributed by atoms with Crippen LogP contribution in [0.2, 0.25) is 0 Å². The number of urea groups is 1. The minimum Gasteiger partial charge on any atom is -0.418 e. The highest BCUT2D eigenvalue weighted by Crippen LogP contribution is 2.06. The highest BCUT2D eigenvalue weighted by atomic mass is 19.5. The lowest BCUT2D eigenvalue weighted by atomic mass is 10.3. The quantitative estimate of drug-likeness (QED) is 0.478. The zero-order valence-electron chi connectivity index (χ0n) is 11.5. The number of amides is 2. The lowest BCUT2D eigenvalue weighted by Crippen LogP contribution is -2.34. The van der Waals surface area contributed by atoms with Crippen LogP contribution in [-0.2, 0) is 0 Å². The van der Waals surface area contributed by atoms with E-state index in [1.54, 1.807) is 37.2 Å². The van der Waals surface area contributed by atoms with Crippen molar-refractivity contribution in [1.29, 1.82) is 0 Å². The molecular weight excluding hydrogens is 281 g/mol. The van der Waals surface area contributed by atoms with Crippen LogP contribution in [0.15, 0.2) is 23.1 Å². The Morgan fingerprint density at radius 1 is 1.35 bits per heavy atom. The lowest BCUT2D eigenvalue weighted by molar-refractivity contribution is -0.231. The topological polar surface area (TPSA) is 48.6 Å². The number of rotatable bonds is 1. The molecule has 20 heavy (non-hydrogen) atoms. The minimum absolute atomic E-state index is 0.160. The first-order chi connectivity index (χ1) is 9.06. The smallest absolute Gasteiger partial charge is 0.418 e. The molecule has 0 atom stereocenters. The van der Waals surface area contributed by atoms with E-state index in [4.69, 9.17) is 4.53 Å². The molecule has 0 bridgehead atoms. The van der Waals surface area contributed by atoms with Crippen LogP contribution in [0.25, 0.3) is 0 Å². The summed E-state index contributed by atoms with van der Waals surface area (Å²) in [6.45, 7) is 1.75. The van der Waals surface area contributed by atoms with Gasteiger partial charge >= 0.3 is 18.8 Å². The first kappa shape index (κ1) is 18.0. The highest BCUT2D eigenvalue weighted by molar-refractivity contribution is 6.50. The third-order valence-corrected chi connectivity index (χ3v) is 1.91. The number of aromatic nitrogens is 1. The van der Waals surface area contributed by atoms with E-state index in [2.05, 4.69) is 5.32 Å². The average Bonchev–Trinajstić information content (AvgIpc) is 2.28. The summed E-state index contributed by atoms with van der Waals surface area (Å²) in [7, 11) is -0.616. The van der Waals surface area contributed by atoms with Gasteiger partial charge in [0.25, 0.3) is 0 Å². The van der Waals surface area contributed by atoms with Gasteiger partial charge in [-0.2, -0.15) is 0 Å². The maximum Gasteiger partial charge on any atom is 0.673 e. The monoisotopic (exact) mass is 297 g/mol. The molecule has 1 N–H and O–H groups in total. The predicted octanol–water partition coefficient (Wildman–Crippen LogP) is 1.66. The van der Waals surface area contributed by atoms with Crippen LogP contribution in [-0.4, -0.2) is 44.1 Å². The lowest BCUT2D eigenvalue weighted by Gasteiger charge is -2.02. The van der Waals surface area contributed by atoms with Gasteiger partial charge in [0.15, 0.2) is 0 Å². The SMILES string of the molecule is CNC(=[O+]n1cccc(C)c1=O)N(C)C.F[B-](F)(F)F. The molecule has 0 spiro atoms. The first-order valence-corrected chi connectivity index (χ1v) is 5.52. The van der Waals surface area contributed by atoms with Crippen LogP contribution in [0.1, 0.15) is 5.56 Å². The third-order valence-electron chi connectivity index (χ3n) is 1.91. The Labute approximate surface area is 113 Å². The molecule has 0 aliphatic heterocycles. The molecule has 5 nitrogen and oxygen atoms in total. The van der Waals surface area contributed by atoms with Gasteiger partial charge in [0.1, 0.15) is 6.20 Å². The van der Waals surface area contributed by atoms with Crippen molar-refractivity contribution in [2.75, 3.05) is 21.1 Å². The minimum atomic E-state index is -6.00. The second-order valence-electron chi connectivity index (χ2n) is 3.86. The maximum absolute atomic E-state index is 11.6. The van der Waals surface area contributed by atoms with Crippen molar-refractivity contribution in [2.45, 2.75) is 6.92 Å². The van der Waals surface area contributed by atoms with E-state index in [1.807, 2.05) is 14.1 Å². The first-order valence-electron chi connectivity index (χ1n) is 5.52. The molecule has 114 valence electrons. The Bertz CT molecular complexity index is 508. The number of pyridine rings is 1. The molecule has 1 aromatic heterocycles. The van der Waals surface area contributed by atoms with Crippen LogP contribution in [0.5, 0.6) is 0 Å². The van der Waals surface area contributed by atoms with Gasteiger partial charge < -0.3 is 17.3 Å². The highest BCUT2D eigenvalue weighted by Gasteiger charge is 2.20. The Morgan fingerprint density at radius 3 is 2.25 bits per heavy atom. The largest absolute Gasteiger partial charge is 0.673 e. The van der Waals surface area contributed by atoms with Crippen molar-refractivity contribution < 1.29 is 21.8 Å². The molecule has 2 amide bonds. The van der Waals surface area contributed by atoms with Crippen molar-refractivity contribution in [3.05, 3.63) is 34.2 Å². The van der Waals surface area contributed by atoms with Gasteiger partial charge in [0.2, 0.25) is 0 Å². The molecule has 0 aliphatic rings. The van der Waals surface area contributed by atoms with Crippen molar-refractivity contribution in [3.8, 4) is 0 Å². The van der Waals surface area contributed by atoms with Gasteiger partial charge in [-0.3, -0.25) is 15.0 Å². The van der Waals surface area contributed by atoms with E-state index >= 15 is 0 Å². The Kier molecular flexibility index (Phi) is 6.81. The maximum atomic E-state index is 11.6. The van der Waals surface area contributed by atoms with E-state index in [0.29, 0.717) is 11.6 Å². The third kappa shape index (κ3) is 7.44. The summed E-state index contributed by atoms with van der Waals surface area (Å²) < 4.78 is 45.6. The van der Waals surface area contributed by atoms with Gasteiger partial charge in [0.05, 0.1) is 4.73 Å². The summed E-state index contributed by atoms with van der Waals surface area (Å²) in [5, 5.41) is 2.86. The van der Waals surface area contributed by atoms with Crippen LogP contribution < -0.4 is 10.9 Å². The number of hydrogen-bond donors (Lipinski definition) is 1. The molecular formula is C10H16BF4N3O2. The molecule has 0 saturated heterocycles. The zero-order chi connectivity index (χ0) is 15.9. The molecule has 10 heteroatoms. The van der Waals surface area contributed by atoms with Gasteiger partial charge in [0, 0.05) is 26.7 Å². The molecule has 0 unspecified atom stereocenters. The molecule has 1 aromatic rings. The molecule has 1 heterocycles. The number of aryl methyl sites for hydroxylation is 1. The van der Waals surface area contributed by atoms with Crippen molar-refractivity contribution in [3.63, 3.8) is 0 Å². The van der Waals surface area contributed by atoms with Gasteiger partial charge in [-0.25, -0.2) is 0 Å². The van der Waals surface area contributed by atoms with E-state index in [-0.39, 0.29) is 5.56 Å². The summed E-state index contributed by atoms with van der Waals surface area (Å²) in [4.78, 5) is 13.4. The standard InChI is InChI=1S/C10H16N3O2.BF4/c1-8-6-5-7-13(9(8)14)15-10(11-2)12(3)4;2-1(3,4)5/h5-7,11H,1-4H3;/q+1;-1. The van der Waals surface area contributed by atoms with E-state index < -0.39 is 7.25 Å². The van der Waals surface area contributed by atoms with Gasteiger partial charge in [-0.05, 0) is 17.5 Å².